The molecule has 1 heterocycles. The molecule has 16 heavy (non-hydrogen) atoms. The van der Waals surface area contributed by atoms with E-state index in [1.807, 2.05) is 0 Å². The first-order chi connectivity index (χ1) is 7.86. The fraction of sp³-hybridized carbons (Fsp3) is 0. The van der Waals surface area contributed by atoms with Crippen LogP contribution in [0.15, 0.2) is 65.7 Å². The van der Waals surface area contributed by atoms with Gasteiger partial charge in [0.2, 0.25) is 0 Å². The summed E-state index contributed by atoms with van der Waals surface area (Å²) in [4.78, 5) is 3.58. The third-order valence-electron chi connectivity index (χ3n) is 2.21. The molecule has 0 saturated heterocycles. The van der Waals surface area contributed by atoms with Crippen molar-refractivity contribution in [2.75, 3.05) is 0 Å². The molecule has 2 heteroatoms. The number of hydrogen-bond acceptors (Lipinski definition) is 1. The smallest absolute Gasteiger partial charge is 0.144 e. The highest BCUT2D eigenvalue weighted by Gasteiger charge is 1.85. The van der Waals surface area contributed by atoms with E-state index in [9.17, 15) is 0 Å². The molecule has 0 bridgehead atoms. The van der Waals surface area contributed by atoms with E-state index in [0.717, 1.165) is 0 Å². The summed E-state index contributed by atoms with van der Waals surface area (Å²) in [5.74, 6) is 0.343. The van der Waals surface area contributed by atoms with Crippen molar-refractivity contribution < 1.29 is 0 Å². The van der Waals surface area contributed by atoms with Crippen molar-refractivity contribution in [1.82, 2.24) is 0 Å². The Morgan fingerprint density at radius 3 is 1.56 bits per heavy atom. The van der Waals surface area contributed by atoms with Crippen LogP contribution in [0.2, 0.25) is 0 Å². The Labute approximate surface area is 94.5 Å². The van der Waals surface area contributed by atoms with Crippen LogP contribution in [0, 0.1) is 5.41 Å². The van der Waals surface area contributed by atoms with Gasteiger partial charge in [-0.3, -0.25) is 5.41 Å². The third-order valence-corrected chi connectivity index (χ3v) is 2.21. The molecular formula is C14H12N2. The van der Waals surface area contributed by atoms with Gasteiger partial charge in [-0.2, -0.15) is 0 Å². The molecule has 0 atom stereocenters. The van der Waals surface area contributed by atoms with Crippen LogP contribution in [0.3, 0.4) is 0 Å². The Bertz CT molecular complexity index is 474. The molecule has 2 aromatic rings. The number of benzene rings is 2. The Balaban J connectivity index is 0.000000138. The van der Waals surface area contributed by atoms with Crippen molar-refractivity contribution in [2.24, 2.45) is 4.99 Å². The molecule has 0 unspecified atom stereocenters. The molecule has 0 spiro atoms. The predicted molar refractivity (Wildman–Crippen MR) is 69.3 cm³/mol. The van der Waals surface area contributed by atoms with Crippen molar-refractivity contribution >= 4 is 22.8 Å². The largest absolute Gasteiger partial charge is 0.283 e. The maximum atomic E-state index is 6.76. The third kappa shape index (κ3) is 2.64. The molecule has 1 N–H and O–H groups in total. The van der Waals surface area contributed by atoms with E-state index in [-0.39, 0.29) is 0 Å². The van der Waals surface area contributed by atoms with Gasteiger partial charge in [0.1, 0.15) is 5.84 Å². The minimum Gasteiger partial charge on any atom is -0.283 e. The molecule has 0 aromatic heterocycles. The lowest BCUT2D eigenvalue weighted by Crippen LogP contribution is -1.73. The molecule has 0 fully saturated rings. The van der Waals surface area contributed by atoms with Gasteiger partial charge in [-0.05, 0) is 22.9 Å². The van der Waals surface area contributed by atoms with E-state index < -0.39 is 0 Å². The Kier molecular flexibility index (Phi) is 3.24. The summed E-state index contributed by atoms with van der Waals surface area (Å²) in [5.41, 5.74) is 0. The van der Waals surface area contributed by atoms with Crippen LogP contribution in [0.4, 0.5) is 0 Å². The summed E-state index contributed by atoms with van der Waals surface area (Å²) in [7, 11) is 0. The van der Waals surface area contributed by atoms with Crippen molar-refractivity contribution in [3.05, 3.63) is 60.7 Å². The summed E-state index contributed by atoms with van der Waals surface area (Å²) in [6.45, 7) is 0. The fourth-order valence-electron chi connectivity index (χ4n) is 1.43. The molecule has 1 aliphatic rings. The van der Waals surface area contributed by atoms with Crippen LogP contribution in [0.1, 0.15) is 0 Å². The zero-order valence-corrected chi connectivity index (χ0v) is 8.80. The lowest BCUT2D eigenvalue weighted by molar-refractivity contribution is 1.48. The van der Waals surface area contributed by atoms with Gasteiger partial charge in [0.05, 0.1) is 0 Å². The van der Waals surface area contributed by atoms with Crippen LogP contribution in [0.5, 0.6) is 0 Å². The molecule has 0 aliphatic carbocycles. The van der Waals surface area contributed by atoms with E-state index in [1.54, 1.807) is 18.4 Å². The second-order valence-electron chi connectivity index (χ2n) is 3.37. The average molecular weight is 208 g/mol. The number of nitrogens with zero attached hydrogens (tertiary/aromatic N) is 1. The number of hydrogen-bond donors (Lipinski definition) is 1. The van der Waals surface area contributed by atoms with Crippen LogP contribution < -0.4 is 0 Å². The molecule has 0 amide bonds. The van der Waals surface area contributed by atoms with Crippen LogP contribution in [-0.4, -0.2) is 12.1 Å². The number of nitrogens with one attached hydrogen (secondary N) is 1. The van der Waals surface area contributed by atoms with E-state index in [2.05, 4.69) is 53.5 Å². The molecule has 1 aliphatic heterocycles. The standard InChI is InChI=1S/C10H8.C4H4N2/c1-2-6-10-8-4-3-7-9(10)5-1;5-4-2-1-3-6-4/h1-8H;1-3,5H. The van der Waals surface area contributed by atoms with Gasteiger partial charge in [-0.15, -0.1) is 0 Å². The van der Waals surface area contributed by atoms with Gasteiger partial charge in [-0.25, -0.2) is 4.99 Å². The maximum Gasteiger partial charge on any atom is 0.144 e. The summed E-state index contributed by atoms with van der Waals surface area (Å²) < 4.78 is 0. The molecule has 2 aromatic carbocycles. The number of amidine groups is 1. The zero-order valence-electron chi connectivity index (χ0n) is 8.80. The fourth-order valence-corrected chi connectivity index (χ4v) is 1.43. The number of fused-ring (bicyclic) bond motifs is 1. The molecule has 3 rings (SSSR count). The highest BCUT2D eigenvalue weighted by atomic mass is 14.8. The summed E-state index contributed by atoms with van der Waals surface area (Å²) in [6, 6.07) is 16.7. The molecular weight excluding hydrogens is 196 g/mol. The minimum atomic E-state index is 0.343. The van der Waals surface area contributed by atoms with Gasteiger partial charge in [0.25, 0.3) is 0 Å². The average Bonchev–Trinajstić information content (AvgIpc) is 2.81. The van der Waals surface area contributed by atoms with Gasteiger partial charge in [0, 0.05) is 6.21 Å². The van der Waals surface area contributed by atoms with E-state index in [1.165, 1.54) is 10.8 Å². The highest BCUT2D eigenvalue weighted by molar-refractivity contribution is 6.04. The van der Waals surface area contributed by atoms with Crippen molar-refractivity contribution in [3.8, 4) is 0 Å². The maximum absolute atomic E-state index is 6.76. The van der Waals surface area contributed by atoms with Crippen molar-refractivity contribution in [2.45, 2.75) is 0 Å². The van der Waals surface area contributed by atoms with E-state index in [4.69, 9.17) is 5.41 Å². The zero-order chi connectivity index (χ0) is 11.2. The predicted octanol–water partition coefficient (Wildman–Crippen LogP) is 3.44. The monoisotopic (exact) mass is 208 g/mol. The van der Waals surface area contributed by atoms with Crippen molar-refractivity contribution in [1.29, 1.82) is 5.41 Å². The first-order valence-electron chi connectivity index (χ1n) is 5.09. The summed E-state index contributed by atoms with van der Waals surface area (Å²) in [5, 5.41) is 9.38. The Morgan fingerprint density at radius 1 is 0.812 bits per heavy atom. The second-order valence-corrected chi connectivity index (χ2v) is 3.37. The molecule has 78 valence electrons. The van der Waals surface area contributed by atoms with Crippen LogP contribution in [0.25, 0.3) is 10.8 Å². The van der Waals surface area contributed by atoms with Crippen molar-refractivity contribution in [3.63, 3.8) is 0 Å². The topological polar surface area (TPSA) is 36.2 Å². The van der Waals surface area contributed by atoms with Gasteiger partial charge < -0.3 is 0 Å². The molecule has 0 radical (unpaired) electrons. The number of rotatable bonds is 0. The van der Waals surface area contributed by atoms with Crippen LogP contribution in [-0.2, 0) is 0 Å². The van der Waals surface area contributed by atoms with Gasteiger partial charge in [0.15, 0.2) is 0 Å². The highest BCUT2D eigenvalue weighted by Crippen LogP contribution is 2.11. The Hall–Kier alpha value is -2.22. The van der Waals surface area contributed by atoms with Gasteiger partial charge in [-0.1, -0.05) is 48.5 Å². The first-order valence-corrected chi connectivity index (χ1v) is 5.09. The molecule has 0 saturated carbocycles. The first kappa shape index (κ1) is 10.3. The summed E-state index contributed by atoms with van der Waals surface area (Å²) >= 11 is 0. The van der Waals surface area contributed by atoms with Gasteiger partial charge >= 0.3 is 0 Å². The minimum absolute atomic E-state index is 0.343. The van der Waals surface area contributed by atoms with E-state index >= 15 is 0 Å². The lowest BCUT2D eigenvalue weighted by Gasteiger charge is -1.92. The number of aliphatic imine (C=N–C) groups is 1. The van der Waals surface area contributed by atoms with Crippen LogP contribution >= 0.6 is 0 Å². The second kappa shape index (κ2) is 5.03. The van der Waals surface area contributed by atoms with E-state index in [0.29, 0.717) is 5.84 Å². The quantitative estimate of drug-likeness (QED) is 0.688. The number of allylic oxidation sites excluding steroid dienone is 1. The Morgan fingerprint density at radius 2 is 1.31 bits per heavy atom. The lowest BCUT2D eigenvalue weighted by atomic mass is 10.1. The normalized spacial score (nSPS) is 12.6. The molecule has 2 nitrogen and oxygen atoms in total. The SMILES string of the molecule is N=C1C=CC=N1.c1ccc2ccccc2c1. The summed E-state index contributed by atoms with van der Waals surface area (Å²) in [6.07, 6.45) is 4.98.